The number of fused-ring (bicyclic) bond motifs is 1. The van der Waals surface area contributed by atoms with E-state index < -0.39 is 9.84 Å². The van der Waals surface area contributed by atoms with Crippen LogP contribution in [0.2, 0.25) is 0 Å². The number of rotatable bonds is 9. The second-order valence-electron chi connectivity index (χ2n) is 7.33. The van der Waals surface area contributed by atoms with E-state index in [-0.39, 0.29) is 29.5 Å². The number of pyridine rings is 1. The zero-order valence-corrected chi connectivity index (χ0v) is 20.3. The topological polar surface area (TPSA) is 98.7 Å². The highest BCUT2D eigenvalue weighted by Crippen LogP contribution is 2.40. The molecule has 0 saturated carbocycles. The van der Waals surface area contributed by atoms with Gasteiger partial charge in [0.25, 0.3) is 0 Å². The van der Waals surface area contributed by atoms with E-state index in [1.807, 2.05) is 6.07 Å². The smallest absolute Gasteiger partial charge is 0.230 e. The summed E-state index contributed by atoms with van der Waals surface area (Å²) in [6, 6.07) is 17.1. The van der Waals surface area contributed by atoms with E-state index in [0.29, 0.717) is 27.8 Å². The van der Waals surface area contributed by atoms with Gasteiger partial charge in [-0.05, 0) is 36.4 Å². The number of sulfone groups is 1. The summed E-state index contributed by atoms with van der Waals surface area (Å²) in [5.41, 5.74) is 1.22. The van der Waals surface area contributed by atoms with Crippen LogP contribution in [0.5, 0.6) is 11.5 Å². The van der Waals surface area contributed by atoms with Gasteiger partial charge in [-0.1, -0.05) is 35.6 Å². The van der Waals surface area contributed by atoms with Crippen LogP contribution >= 0.6 is 11.3 Å². The lowest BCUT2D eigenvalue weighted by Crippen LogP contribution is -2.32. The molecule has 0 unspecified atom stereocenters. The van der Waals surface area contributed by atoms with Crippen LogP contribution in [0, 0.1) is 0 Å². The number of carbonyl (C=O) groups is 1. The SMILES string of the molecule is COc1ccc(OC)c2sc(N(Cc3ccccn3)C(=O)CCS(=O)(=O)c3ccccc3)nc12. The lowest BCUT2D eigenvalue weighted by atomic mass is 10.3. The van der Waals surface area contributed by atoms with E-state index in [2.05, 4.69) is 9.97 Å². The van der Waals surface area contributed by atoms with Crippen molar-refractivity contribution in [3.63, 3.8) is 0 Å². The van der Waals surface area contributed by atoms with Crippen LogP contribution in [0.3, 0.4) is 0 Å². The van der Waals surface area contributed by atoms with Gasteiger partial charge in [0.15, 0.2) is 15.0 Å². The Balaban J connectivity index is 1.68. The summed E-state index contributed by atoms with van der Waals surface area (Å²) in [4.78, 5) is 24.0. The van der Waals surface area contributed by atoms with Gasteiger partial charge >= 0.3 is 0 Å². The van der Waals surface area contributed by atoms with Crippen LogP contribution in [-0.4, -0.2) is 44.3 Å². The molecule has 2 aromatic carbocycles. The molecule has 4 rings (SSSR count). The van der Waals surface area contributed by atoms with Crippen molar-refractivity contribution < 1.29 is 22.7 Å². The first-order valence-corrected chi connectivity index (χ1v) is 12.9. The molecule has 4 aromatic rings. The highest BCUT2D eigenvalue weighted by Gasteiger charge is 2.25. The Hall–Kier alpha value is -3.50. The highest BCUT2D eigenvalue weighted by atomic mass is 32.2. The first kappa shape index (κ1) is 23.7. The van der Waals surface area contributed by atoms with Crippen molar-refractivity contribution in [2.45, 2.75) is 17.9 Å². The molecular weight excluding hydrogens is 474 g/mol. The number of hydrogen-bond donors (Lipinski definition) is 0. The molecule has 34 heavy (non-hydrogen) atoms. The summed E-state index contributed by atoms with van der Waals surface area (Å²) in [5, 5.41) is 0.408. The third kappa shape index (κ3) is 5.02. The van der Waals surface area contributed by atoms with Crippen molar-refractivity contribution in [3.05, 3.63) is 72.6 Å². The Morgan fingerprint density at radius 3 is 2.35 bits per heavy atom. The quantitative estimate of drug-likeness (QED) is 0.343. The Morgan fingerprint density at radius 1 is 0.971 bits per heavy atom. The molecule has 0 aliphatic rings. The predicted molar refractivity (Wildman–Crippen MR) is 131 cm³/mol. The molecule has 0 radical (unpaired) electrons. The van der Waals surface area contributed by atoms with Gasteiger partial charge in [-0.15, -0.1) is 0 Å². The number of thiazole rings is 1. The Kier molecular flexibility index (Phi) is 7.09. The maximum Gasteiger partial charge on any atom is 0.230 e. The van der Waals surface area contributed by atoms with E-state index in [9.17, 15) is 13.2 Å². The predicted octanol–water partition coefficient (Wildman–Crippen LogP) is 4.11. The molecule has 0 N–H and O–H groups in total. The molecule has 176 valence electrons. The maximum atomic E-state index is 13.3. The van der Waals surface area contributed by atoms with Crippen LogP contribution in [0.15, 0.2) is 71.8 Å². The molecule has 1 amide bonds. The summed E-state index contributed by atoms with van der Waals surface area (Å²) >= 11 is 1.28. The zero-order valence-electron chi connectivity index (χ0n) is 18.7. The fourth-order valence-corrected chi connectivity index (χ4v) is 5.75. The number of benzene rings is 2. The lowest BCUT2D eigenvalue weighted by molar-refractivity contribution is -0.118. The van der Waals surface area contributed by atoms with Gasteiger partial charge in [0, 0.05) is 12.6 Å². The molecule has 0 fully saturated rings. The van der Waals surface area contributed by atoms with Crippen LogP contribution < -0.4 is 14.4 Å². The van der Waals surface area contributed by atoms with Crippen LogP contribution in [-0.2, 0) is 21.2 Å². The molecule has 0 atom stereocenters. The van der Waals surface area contributed by atoms with Crippen molar-refractivity contribution >= 4 is 42.4 Å². The fraction of sp³-hybridized carbons (Fsp3) is 0.208. The molecule has 2 aromatic heterocycles. The molecule has 2 heterocycles. The maximum absolute atomic E-state index is 13.3. The molecule has 0 bridgehead atoms. The number of anilines is 1. The summed E-state index contributed by atoms with van der Waals surface area (Å²) < 4.78 is 37.1. The third-order valence-corrected chi connectivity index (χ3v) is 7.99. The molecule has 10 heteroatoms. The van der Waals surface area contributed by atoms with Crippen molar-refractivity contribution in [2.24, 2.45) is 0 Å². The number of amides is 1. The third-order valence-electron chi connectivity index (χ3n) is 5.16. The normalized spacial score (nSPS) is 11.4. The average Bonchev–Trinajstić information content (AvgIpc) is 3.31. The van der Waals surface area contributed by atoms with Gasteiger partial charge in [-0.2, -0.15) is 0 Å². The van der Waals surface area contributed by atoms with Gasteiger partial charge in [0.05, 0.1) is 37.1 Å². The summed E-state index contributed by atoms with van der Waals surface area (Å²) in [7, 11) is -0.501. The number of methoxy groups -OCH3 is 2. The number of aromatic nitrogens is 2. The van der Waals surface area contributed by atoms with Gasteiger partial charge in [-0.25, -0.2) is 13.4 Å². The van der Waals surface area contributed by atoms with Gasteiger partial charge in [0.1, 0.15) is 21.7 Å². The first-order chi connectivity index (χ1) is 16.4. The second-order valence-corrected chi connectivity index (χ2v) is 10.4. The number of carbonyl (C=O) groups excluding carboxylic acids is 1. The van der Waals surface area contributed by atoms with Gasteiger partial charge in [-0.3, -0.25) is 14.7 Å². The minimum Gasteiger partial charge on any atom is -0.495 e. The summed E-state index contributed by atoms with van der Waals surface area (Å²) in [6.07, 6.45) is 1.44. The molecule has 0 spiro atoms. The molecular formula is C24H23N3O5S2. The van der Waals surface area contributed by atoms with Crippen molar-refractivity contribution in [1.82, 2.24) is 9.97 Å². The summed E-state index contributed by atoms with van der Waals surface area (Å²) in [5.74, 6) is 0.473. The fourth-order valence-electron chi connectivity index (χ4n) is 3.41. The molecule has 0 saturated heterocycles. The Labute approximate surface area is 201 Å². The standard InChI is InChI=1S/C24H23N3O5S2/c1-31-19-11-12-20(32-2)23-22(19)26-24(33-23)27(16-17-8-6-7-14-25-17)21(28)13-15-34(29,30)18-9-4-3-5-10-18/h3-12,14H,13,15-16H2,1-2H3. The second kappa shape index (κ2) is 10.2. The first-order valence-electron chi connectivity index (χ1n) is 10.4. The monoisotopic (exact) mass is 497 g/mol. The highest BCUT2D eigenvalue weighted by molar-refractivity contribution is 7.91. The van der Waals surface area contributed by atoms with Crippen LogP contribution in [0.4, 0.5) is 5.13 Å². The van der Waals surface area contributed by atoms with E-state index in [4.69, 9.17) is 9.47 Å². The van der Waals surface area contributed by atoms with E-state index in [0.717, 1.165) is 4.70 Å². The minimum atomic E-state index is -3.61. The molecule has 0 aliphatic carbocycles. The number of hydrogen-bond acceptors (Lipinski definition) is 8. The molecule has 0 aliphatic heterocycles. The van der Waals surface area contributed by atoms with Crippen molar-refractivity contribution in [3.8, 4) is 11.5 Å². The molecule has 8 nitrogen and oxygen atoms in total. The average molecular weight is 498 g/mol. The van der Waals surface area contributed by atoms with Crippen LogP contribution in [0.1, 0.15) is 12.1 Å². The number of ether oxygens (including phenoxy) is 2. The largest absolute Gasteiger partial charge is 0.495 e. The van der Waals surface area contributed by atoms with Crippen molar-refractivity contribution in [1.29, 1.82) is 0 Å². The minimum absolute atomic E-state index is 0.148. The van der Waals surface area contributed by atoms with Crippen molar-refractivity contribution in [2.75, 3.05) is 24.9 Å². The number of nitrogens with zero attached hydrogens (tertiary/aromatic N) is 3. The van der Waals surface area contributed by atoms with E-state index >= 15 is 0 Å². The van der Waals surface area contributed by atoms with Gasteiger partial charge < -0.3 is 9.47 Å². The van der Waals surface area contributed by atoms with E-state index in [1.54, 1.807) is 62.9 Å². The van der Waals surface area contributed by atoms with Crippen LogP contribution in [0.25, 0.3) is 10.2 Å². The Morgan fingerprint density at radius 2 is 1.68 bits per heavy atom. The van der Waals surface area contributed by atoms with E-state index in [1.165, 1.54) is 28.4 Å². The Bertz CT molecular complexity index is 1350. The van der Waals surface area contributed by atoms with Gasteiger partial charge in [0.2, 0.25) is 5.91 Å². The zero-order chi connectivity index (χ0) is 24.1. The lowest BCUT2D eigenvalue weighted by Gasteiger charge is -2.19. The summed E-state index contributed by atoms with van der Waals surface area (Å²) in [6.45, 7) is 0.148.